The summed E-state index contributed by atoms with van der Waals surface area (Å²) in [6.07, 6.45) is -1.86. The second kappa shape index (κ2) is 8.84. The fraction of sp³-hybridized carbons (Fsp3) is 0.286. The van der Waals surface area contributed by atoms with E-state index in [2.05, 4.69) is 13.8 Å². The first-order chi connectivity index (χ1) is 12.7. The second-order valence-corrected chi connectivity index (χ2v) is 6.26. The molecule has 2 rings (SSSR count). The molecule has 0 saturated carbocycles. The molecule has 2 nitrogen and oxygen atoms in total. The quantitative estimate of drug-likeness (QED) is 0.324. The van der Waals surface area contributed by atoms with Gasteiger partial charge in [0.2, 0.25) is 0 Å². The molecule has 0 heterocycles. The molecule has 0 aromatic heterocycles. The number of hydrogen-bond acceptors (Lipinski definition) is 2. The molecule has 0 aliphatic heterocycles. The van der Waals surface area contributed by atoms with E-state index in [9.17, 15) is 22.4 Å². The average molecular weight is 380 g/mol. The van der Waals surface area contributed by atoms with Crippen LogP contribution >= 0.6 is 0 Å². The number of halogens is 4. The van der Waals surface area contributed by atoms with Crippen LogP contribution in [0.25, 0.3) is 6.08 Å². The van der Waals surface area contributed by atoms with Gasteiger partial charge in [-0.3, -0.25) is 0 Å². The van der Waals surface area contributed by atoms with Crippen LogP contribution in [0.15, 0.2) is 48.5 Å². The monoisotopic (exact) mass is 380 g/mol. The van der Waals surface area contributed by atoms with Gasteiger partial charge in [-0.15, -0.1) is 0 Å². The van der Waals surface area contributed by atoms with Crippen molar-refractivity contribution in [3.8, 4) is 5.75 Å². The van der Waals surface area contributed by atoms with Gasteiger partial charge in [0.15, 0.2) is 0 Å². The third kappa shape index (κ3) is 6.24. The van der Waals surface area contributed by atoms with E-state index in [1.807, 2.05) is 12.1 Å². The Bertz CT molecular complexity index is 808. The average Bonchev–Trinajstić information content (AvgIpc) is 2.60. The van der Waals surface area contributed by atoms with Gasteiger partial charge in [0.05, 0.1) is 5.56 Å². The molecule has 0 aliphatic rings. The molecule has 1 atom stereocenters. The van der Waals surface area contributed by atoms with E-state index in [0.29, 0.717) is 17.6 Å². The molecule has 0 amide bonds. The number of esters is 1. The third-order valence-corrected chi connectivity index (χ3v) is 4.07. The van der Waals surface area contributed by atoms with Crippen LogP contribution < -0.4 is 4.74 Å². The normalized spacial score (nSPS) is 13.0. The topological polar surface area (TPSA) is 26.3 Å². The van der Waals surface area contributed by atoms with Crippen molar-refractivity contribution in [1.82, 2.24) is 0 Å². The molecule has 0 radical (unpaired) electrons. The summed E-state index contributed by atoms with van der Waals surface area (Å²) >= 11 is 0. The minimum atomic E-state index is -4.53. The number of carbonyl (C=O) groups is 1. The van der Waals surface area contributed by atoms with Crippen molar-refractivity contribution in [2.45, 2.75) is 38.8 Å². The van der Waals surface area contributed by atoms with E-state index < -0.39 is 18.0 Å². The number of benzene rings is 2. The highest BCUT2D eigenvalue weighted by Gasteiger charge is 2.22. The smallest absolute Gasteiger partial charge is 0.409 e. The van der Waals surface area contributed by atoms with Gasteiger partial charge < -0.3 is 4.74 Å². The summed E-state index contributed by atoms with van der Waals surface area (Å²) in [5, 5.41) is 0. The summed E-state index contributed by atoms with van der Waals surface area (Å²) in [5.41, 5.74) is 1.17. The fourth-order valence-corrected chi connectivity index (χ4v) is 2.60. The van der Waals surface area contributed by atoms with Crippen molar-refractivity contribution in [3.63, 3.8) is 0 Å². The molecule has 0 N–H and O–H groups in total. The van der Waals surface area contributed by atoms with Crippen LogP contribution in [0.2, 0.25) is 0 Å². The van der Waals surface area contributed by atoms with Crippen LogP contribution in [0.1, 0.15) is 54.1 Å². The molecule has 27 heavy (non-hydrogen) atoms. The van der Waals surface area contributed by atoms with Gasteiger partial charge in [-0.2, -0.15) is 13.2 Å². The van der Waals surface area contributed by atoms with E-state index in [1.54, 1.807) is 12.1 Å². The Labute approximate surface area is 155 Å². The van der Waals surface area contributed by atoms with Crippen LogP contribution in [-0.2, 0) is 0 Å². The minimum Gasteiger partial charge on any atom is -0.423 e. The highest BCUT2D eigenvalue weighted by Crippen LogP contribution is 2.24. The summed E-state index contributed by atoms with van der Waals surface area (Å²) in [5.74, 6) is -1.27. The Balaban J connectivity index is 2.07. The van der Waals surface area contributed by atoms with E-state index in [4.69, 9.17) is 4.74 Å². The lowest BCUT2D eigenvalue weighted by Crippen LogP contribution is -2.09. The van der Waals surface area contributed by atoms with Crippen LogP contribution in [-0.4, -0.2) is 12.1 Å². The maximum Gasteiger partial charge on any atom is 0.409 e. The molecule has 0 aliphatic carbocycles. The van der Waals surface area contributed by atoms with Crippen molar-refractivity contribution in [3.05, 3.63) is 71.0 Å². The van der Waals surface area contributed by atoms with E-state index in [0.717, 1.165) is 30.5 Å². The molecule has 0 bridgehead atoms. The van der Waals surface area contributed by atoms with Gasteiger partial charge in [0, 0.05) is 17.7 Å². The summed E-state index contributed by atoms with van der Waals surface area (Å²) in [6, 6.07) is 10.2. The molecular formula is C21H20F4O2. The Kier molecular flexibility index (Phi) is 6.77. The number of ether oxygens (including phenoxy) is 1. The van der Waals surface area contributed by atoms with Crippen molar-refractivity contribution >= 4 is 12.0 Å². The van der Waals surface area contributed by atoms with Crippen LogP contribution in [0.4, 0.5) is 17.6 Å². The Morgan fingerprint density at radius 1 is 1.15 bits per heavy atom. The molecule has 0 fully saturated rings. The summed E-state index contributed by atoms with van der Waals surface area (Å²) < 4.78 is 55.5. The highest BCUT2D eigenvalue weighted by molar-refractivity contribution is 5.91. The first-order valence-electron chi connectivity index (χ1n) is 8.57. The molecular weight excluding hydrogens is 360 g/mol. The largest absolute Gasteiger partial charge is 0.423 e. The van der Waals surface area contributed by atoms with Gasteiger partial charge in [0.25, 0.3) is 0 Å². The number of hydrogen-bond donors (Lipinski definition) is 0. The Morgan fingerprint density at radius 2 is 1.81 bits per heavy atom. The maximum absolute atomic E-state index is 13.9. The van der Waals surface area contributed by atoms with Crippen LogP contribution in [0.3, 0.4) is 0 Å². The molecule has 0 saturated heterocycles. The standard InChI is InChI=1S/C21H20F4O2/c1-3-4-14(2)15-5-7-17(8-6-15)20(26)27-18-10-9-16(19(22)13-18)11-12-21(23,24)25/h5-14H,3-4H2,1-2H3/b12-11+. The summed E-state index contributed by atoms with van der Waals surface area (Å²) in [6.45, 7) is 4.21. The summed E-state index contributed by atoms with van der Waals surface area (Å²) in [7, 11) is 0. The predicted molar refractivity (Wildman–Crippen MR) is 96.2 cm³/mol. The Morgan fingerprint density at radius 3 is 2.37 bits per heavy atom. The van der Waals surface area contributed by atoms with E-state index >= 15 is 0 Å². The minimum absolute atomic E-state index is 0.0574. The van der Waals surface area contributed by atoms with Gasteiger partial charge in [0.1, 0.15) is 11.6 Å². The zero-order valence-corrected chi connectivity index (χ0v) is 15.0. The Hall–Kier alpha value is -2.63. The first-order valence-corrected chi connectivity index (χ1v) is 8.57. The first kappa shape index (κ1) is 20.7. The van der Waals surface area contributed by atoms with E-state index in [1.165, 1.54) is 6.07 Å². The van der Waals surface area contributed by atoms with Crippen molar-refractivity contribution in [1.29, 1.82) is 0 Å². The van der Waals surface area contributed by atoms with Crippen LogP contribution in [0, 0.1) is 5.82 Å². The number of allylic oxidation sites excluding steroid dienone is 1. The lowest BCUT2D eigenvalue weighted by molar-refractivity contribution is -0.0790. The van der Waals surface area contributed by atoms with Crippen molar-refractivity contribution < 1.29 is 27.1 Å². The van der Waals surface area contributed by atoms with E-state index in [-0.39, 0.29) is 17.4 Å². The lowest BCUT2D eigenvalue weighted by atomic mass is 9.96. The number of rotatable bonds is 6. The molecule has 6 heteroatoms. The van der Waals surface area contributed by atoms with Crippen molar-refractivity contribution in [2.24, 2.45) is 0 Å². The third-order valence-electron chi connectivity index (χ3n) is 4.07. The second-order valence-electron chi connectivity index (χ2n) is 6.26. The lowest BCUT2D eigenvalue weighted by Gasteiger charge is -2.11. The predicted octanol–water partition coefficient (Wildman–Crippen LogP) is 6.52. The molecule has 2 aromatic rings. The van der Waals surface area contributed by atoms with Crippen molar-refractivity contribution in [2.75, 3.05) is 0 Å². The maximum atomic E-state index is 13.9. The van der Waals surface area contributed by atoms with Gasteiger partial charge >= 0.3 is 12.1 Å². The highest BCUT2D eigenvalue weighted by atomic mass is 19.4. The van der Waals surface area contributed by atoms with Crippen LogP contribution in [0.5, 0.6) is 5.75 Å². The van der Waals surface area contributed by atoms with Gasteiger partial charge in [-0.25, -0.2) is 9.18 Å². The molecule has 144 valence electrons. The molecule has 0 spiro atoms. The van der Waals surface area contributed by atoms with Gasteiger partial charge in [-0.1, -0.05) is 32.4 Å². The zero-order valence-electron chi connectivity index (χ0n) is 15.0. The molecule has 1 unspecified atom stereocenters. The summed E-state index contributed by atoms with van der Waals surface area (Å²) in [4.78, 5) is 12.2. The SMILES string of the molecule is CCCC(C)c1ccc(C(=O)Oc2ccc(/C=C/C(F)(F)F)c(F)c2)cc1. The number of carbonyl (C=O) groups excluding carboxylic acids is 1. The van der Waals surface area contributed by atoms with Gasteiger partial charge in [-0.05, 0) is 48.2 Å². The fourth-order valence-electron chi connectivity index (χ4n) is 2.60. The number of alkyl halides is 3. The molecule has 2 aromatic carbocycles. The zero-order chi connectivity index (χ0) is 20.0.